The standard InChI is InChI=1S/C17H13Cl2NO3S/c1-23-15-6-2-12(3-7-15)8-16(10-20)24(21,22)11-13-4-5-14(18)9-17(13)19/h2-9H,11H2,1H3/b16-8-. The second-order valence-electron chi connectivity index (χ2n) is 4.89. The van der Waals surface area contributed by atoms with Crippen LogP contribution >= 0.6 is 23.2 Å². The van der Waals surface area contributed by atoms with Gasteiger partial charge >= 0.3 is 0 Å². The molecule has 2 aromatic carbocycles. The minimum absolute atomic E-state index is 0.243. The number of ether oxygens (including phenoxy) is 1. The molecule has 2 rings (SSSR count). The second-order valence-corrected chi connectivity index (χ2v) is 7.69. The summed E-state index contributed by atoms with van der Waals surface area (Å²) in [6.07, 6.45) is 1.32. The van der Waals surface area contributed by atoms with Gasteiger partial charge in [0, 0.05) is 10.0 Å². The SMILES string of the molecule is COc1ccc(/C=C(/C#N)S(=O)(=O)Cc2ccc(Cl)cc2Cl)cc1. The first-order valence-corrected chi connectivity index (χ1v) is 9.19. The first-order valence-electron chi connectivity index (χ1n) is 6.78. The molecule has 24 heavy (non-hydrogen) atoms. The van der Waals surface area contributed by atoms with Crippen molar-refractivity contribution in [1.29, 1.82) is 5.26 Å². The lowest BCUT2D eigenvalue weighted by Crippen LogP contribution is -2.07. The average molecular weight is 382 g/mol. The summed E-state index contributed by atoms with van der Waals surface area (Å²) in [5.74, 6) is 0.264. The number of sulfone groups is 1. The summed E-state index contributed by atoms with van der Waals surface area (Å²) < 4.78 is 30.0. The number of allylic oxidation sites excluding steroid dienone is 1. The van der Waals surface area contributed by atoms with E-state index >= 15 is 0 Å². The first-order chi connectivity index (χ1) is 11.4. The smallest absolute Gasteiger partial charge is 0.192 e. The molecule has 0 bridgehead atoms. The van der Waals surface area contributed by atoms with Crippen molar-refractivity contribution in [3.05, 3.63) is 68.5 Å². The number of rotatable bonds is 5. The van der Waals surface area contributed by atoms with E-state index < -0.39 is 9.84 Å². The van der Waals surface area contributed by atoms with Crippen LogP contribution in [-0.2, 0) is 15.6 Å². The van der Waals surface area contributed by atoms with Crippen LogP contribution in [0.4, 0.5) is 0 Å². The predicted molar refractivity (Wildman–Crippen MR) is 95.7 cm³/mol. The summed E-state index contributed by atoms with van der Waals surface area (Å²) in [4.78, 5) is -0.335. The van der Waals surface area contributed by atoms with Gasteiger partial charge in [-0.25, -0.2) is 8.42 Å². The van der Waals surface area contributed by atoms with E-state index in [-0.39, 0.29) is 15.7 Å². The highest BCUT2D eigenvalue weighted by atomic mass is 35.5. The lowest BCUT2D eigenvalue weighted by Gasteiger charge is -2.06. The third kappa shape index (κ3) is 4.51. The molecule has 0 unspecified atom stereocenters. The fourth-order valence-corrected chi connectivity index (χ4v) is 3.79. The van der Waals surface area contributed by atoms with Gasteiger partial charge in [0.1, 0.15) is 16.7 Å². The number of hydrogen-bond donors (Lipinski definition) is 0. The number of nitrogens with zero attached hydrogens (tertiary/aromatic N) is 1. The molecule has 0 aliphatic rings. The molecule has 0 spiro atoms. The molecule has 0 saturated heterocycles. The molecule has 0 radical (unpaired) electrons. The Morgan fingerprint density at radius 2 is 1.88 bits per heavy atom. The van der Waals surface area contributed by atoms with Crippen LogP contribution in [0.5, 0.6) is 5.75 Å². The second kappa shape index (κ2) is 7.71. The van der Waals surface area contributed by atoms with Crippen molar-refractivity contribution in [2.45, 2.75) is 5.75 Å². The minimum Gasteiger partial charge on any atom is -0.497 e. The van der Waals surface area contributed by atoms with Gasteiger partial charge in [-0.05, 0) is 41.5 Å². The van der Waals surface area contributed by atoms with Crippen LogP contribution in [0.25, 0.3) is 6.08 Å². The maximum Gasteiger partial charge on any atom is 0.192 e. The van der Waals surface area contributed by atoms with Gasteiger partial charge < -0.3 is 4.74 Å². The van der Waals surface area contributed by atoms with E-state index in [1.807, 2.05) is 0 Å². The Kier molecular flexibility index (Phi) is 5.89. The zero-order chi connectivity index (χ0) is 17.7. The Labute approximate surface area is 150 Å². The van der Waals surface area contributed by atoms with Crippen molar-refractivity contribution >= 4 is 39.1 Å². The first kappa shape index (κ1) is 18.3. The maximum absolute atomic E-state index is 12.5. The Bertz CT molecular complexity index is 914. The fourth-order valence-electron chi connectivity index (χ4n) is 1.96. The van der Waals surface area contributed by atoms with E-state index in [4.69, 9.17) is 27.9 Å². The van der Waals surface area contributed by atoms with E-state index in [1.165, 1.54) is 25.3 Å². The van der Waals surface area contributed by atoms with Crippen molar-refractivity contribution < 1.29 is 13.2 Å². The van der Waals surface area contributed by atoms with Gasteiger partial charge in [0.2, 0.25) is 0 Å². The van der Waals surface area contributed by atoms with Crippen LogP contribution in [0.15, 0.2) is 47.4 Å². The fraction of sp³-hybridized carbons (Fsp3) is 0.118. The highest BCUT2D eigenvalue weighted by Gasteiger charge is 2.20. The molecule has 0 atom stereocenters. The Morgan fingerprint density at radius 1 is 1.21 bits per heavy atom. The van der Waals surface area contributed by atoms with Gasteiger partial charge in [-0.2, -0.15) is 5.26 Å². The van der Waals surface area contributed by atoms with E-state index in [2.05, 4.69) is 0 Å². The lowest BCUT2D eigenvalue weighted by molar-refractivity contribution is 0.415. The molecule has 0 saturated carbocycles. The maximum atomic E-state index is 12.5. The van der Waals surface area contributed by atoms with Gasteiger partial charge in [0.15, 0.2) is 9.84 Å². The third-order valence-electron chi connectivity index (χ3n) is 3.22. The van der Waals surface area contributed by atoms with E-state index in [1.54, 1.807) is 36.4 Å². The van der Waals surface area contributed by atoms with Crippen LogP contribution in [0.3, 0.4) is 0 Å². The topological polar surface area (TPSA) is 67.2 Å². The zero-order valence-electron chi connectivity index (χ0n) is 12.7. The Morgan fingerprint density at radius 3 is 2.42 bits per heavy atom. The molecule has 0 fully saturated rings. The summed E-state index contributed by atoms with van der Waals surface area (Å²) in [7, 11) is -2.30. The molecule has 0 aliphatic heterocycles. The Balaban J connectivity index is 2.33. The van der Waals surface area contributed by atoms with Gasteiger partial charge in [-0.15, -0.1) is 0 Å². The molecule has 2 aromatic rings. The van der Waals surface area contributed by atoms with Crippen molar-refractivity contribution in [1.82, 2.24) is 0 Å². The molecular weight excluding hydrogens is 369 g/mol. The van der Waals surface area contributed by atoms with Crippen LogP contribution in [0.1, 0.15) is 11.1 Å². The van der Waals surface area contributed by atoms with Crippen molar-refractivity contribution in [3.8, 4) is 11.8 Å². The van der Waals surface area contributed by atoms with Crippen molar-refractivity contribution in [3.63, 3.8) is 0 Å². The highest BCUT2D eigenvalue weighted by molar-refractivity contribution is 7.95. The summed E-state index contributed by atoms with van der Waals surface area (Å²) in [6.45, 7) is 0. The predicted octanol–water partition coefficient (Wildman–Crippen LogP) is 4.48. The van der Waals surface area contributed by atoms with Crippen LogP contribution in [0, 0.1) is 11.3 Å². The number of methoxy groups -OCH3 is 1. The molecule has 0 N–H and O–H groups in total. The summed E-state index contributed by atoms with van der Waals surface area (Å²) >= 11 is 11.8. The molecule has 0 aliphatic carbocycles. The van der Waals surface area contributed by atoms with E-state index in [0.717, 1.165) is 0 Å². The number of halogens is 2. The number of hydrogen-bond acceptors (Lipinski definition) is 4. The lowest BCUT2D eigenvalue weighted by atomic mass is 10.2. The molecule has 0 heterocycles. The van der Waals surface area contributed by atoms with Crippen molar-refractivity contribution in [2.24, 2.45) is 0 Å². The summed E-state index contributed by atoms with van der Waals surface area (Å²) in [5, 5.41) is 9.89. The van der Waals surface area contributed by atoms with Crippen LogP contribution in [0.2, 0.25) is 10.0 Å². The number of benzene rings is 2. The molecular formula is C17H13Cl2NO3S. The molecule has 0 aromatic heterocycles. The van der Waals surface area contributed by atoms with Gasteiger partial charge in [-0.3, -0.25) is 0 Å². The summed E-state index contributed by atoms with van der Waals surface area (Å²) in [5.41, 5.74) is 0.968. The monoisotopic (exact) mass is 381 g/mol. The van der Waals surface area contributed by atoms with Crippen LogP contribution in [-0.4, -0.2) is 15.5 Å². The molecule has 7 heteroatoms. The minimum atomic E-state index is -3.83. The van der Waals surface area contributed by atoms with Gasteiger partial charge in [0.05, 0.1) is 12.9 Å². The molecule has 0 amide bonds. The third-order valence-corrected chi connectivity index (χ3v) is 5.38. The largest absolute Gasteiger partial charge is 0.497 e. The van der Waals surface area contributed by atoms with Crippen LogP contribution < -0.4 is 4.74 Å². The normalized spacial score (nSPS) is 11.8. The van der Waals surface area contributed by atoms with Crippen molar-refractivity contribution in [2.75, 3.05) is 7.11 Å². The zero-order valence-corrected chi connectivity index (χ0v) is 15.0. The molecule has 4 nitrogen and oxygen atoms in total. The highest BCUT2D eigenvalue weighted by Crippen LogP contribution is 2.25. The van der Waals surface area contributed by atoms with E-state index in [0.29, 0.717) is 21.9 Å². The number of nitriles is 1. The summed E-state index contributed by atoms with van der Waals surface area (Å²) in [6, 6.07) is 13.0. The average Bonchev–Trinajstić information content (AvgIpc) is 2.55. The van der Waals surface area contributed by atoms with Gasteiger partial charge in [-0.1, -0.05) is 41.4 Å². The quantitative estimate of drug-likeness (QED) is 0.715. The van der Waals surface area contributed by atoms with E-state index in [9.17, 15) is 13.7 Å². The van der Waals surface area contributed by atoms with Gasteiger partial charge in [0.25, 0.3) is 0 Å². The Hall–Kier alpha value is -2.00. The molecule has 124 valence electrons.